The summed E-state index contributed by atoms with van der Waals surface area (Å²) in [7, 11) is 0. The van der Waals surface area contributed by atoms with Crippen molar-refractivity contribution in [2.45, 2.75) is 33.3 Å². The number of carbonyl (C=O) groups is 1. The van der Waals surface area contributed by atoms with Crippen molar-refractivity contribution in [3.05, 3.63) is 34.6 Å². The molecule has 0 spiro atoms. The number of carboxylic acid groups (broad SMARTS) is 1. The maximum atomic E-state index is 11.2. The Morgan fingerprint density at radius 1 is 1.59 bits per heavy atom. The molecule has 0 radical (unpaired) electrons. The first-order valence-corrected chi connectivity index (χ1v) is 5.98. The molecule has 0 aromatic heterocycles. The number of aliphatic carboxylic acids is 1. The maximum Gasteiger partial charge on any atom is 0.339 e. The van der Waals surface area contributed by atoms with Crippen LogP contribution in [-0.2, 0) is 9.53 Å². The third-order valence-corrected chi connectivity index (χ3v) is 2.61. The highest BCUT2D eigenvalue weighted by Gasteiger charge is 2.20. The summed E-state index contributed by atoms with van der Waals surface area (Å²) < 4.78 is 5.50. The molecular formula is C13H17ClO3. The fourth-order valence-corrected chi connectivity index (χ4v) is 1.69. The second-order valence-electron chi connectivity index (χ2n) is 4.34. The van der Waals surface area contributed by atoms with E-state index < -0.39 is 5.97 Å². The van der Waals surface area contributed by atoms with Gasteiger partial charge in [0.05, 0.1) is 16.7 Å². The van der Waals surface area contributed by atoms with E-state index in [1.165, 1.54) is 0 Å². The van der Waals surface area contributed by atoms with E-state index in [0.717, 1.165) is 0 Å². The van der Waals surface area contributed by atoms with E-state index in [1.54, 1.807) is 12.2 Å². The number of ether oxygens (including phenoxy) is 1. The molecule has 0 bridgehead atoms. The van der Waals surface area contributed by atoms with Gasteiger partial charge in [-0.2, -0.15) is 0 Å². The smallest absolute Gasteiger partial charge is 0.339 e. The number of hydrogen-bond donors (Lipinski definition) is 1. The molecule has 17 heavy (non-hydrogen) atoms. The Kier molecular flexibility index (Phi) is 4.82. The molecule has 0 aliphatic heterocycles. The molecule has 0 fully saturated rings. The van der Waals surface area contributed by atoms with Gasteiger partial charge >= 0.3 is 5.97 Å². The van der Waals surface area contributed by atoms with Gasteiger partial charge in [-0.05, 0) is 32.3 Å². The number of hydrogen-bond acceptors (Lipinski definition) is 2. The molecule has 1 N–H and O–H groups in total. The average molecular weight is 257 g/mol. The number of rotatable bonds is 3. The molecule has 4 heteroatoms. The number of allylic oxidation sites excluding steroid dienone is 4. The molecule has 0 saturated heterocycles. The largest absolute Gasteiger partial charge is 0.489 e. The Hall–Kier alpha value is -1.22. The van der Waals surface area contributed by atoms with Crippen LogP contribution < -0.4 is 0 Å². The summed E-state index contributed by atoms with van der Waals surface area (Å²) >= 11 is 6.07. The number of carboxylic acids is 1. The van der Waals surface area contributed by atoms with Crippen molar-refractivity contribution in [2.75, 3.05) is 0 Å². The van der Waals surface area contributed by atoms with Crippen LogP contribution in [0.5, 0.6) is 0 Å². The van der Waals surface area contributed by atoms with Gasteiger partial charge in [0.2, 0.25) is 0 Å². The quantitative estimate of drug-likeness (QED) is 0.841. The molecular weight excluding hydrogens is 240 g/mol. The highest BCUT2D eigenvalue weighted by Crippen LogP contribution is 2.26. The van der Waals surface area contributed by atoms with Crippen molar-refractivity contribution in [1.82, 2.24) is 0 Å². The second-order valence-corrected chi connectivity index (χ2v) is 4.75. The van der Waals surface area contributed by atoms with E-state index >= 15 is 0 Å². The molecule has 1 unspecified atom stereocenters. The zero-order valence-corrected chi connectivity index (χ0v) is 11.0. The molecule has 1 atom stereocenters. The Morgan fingerprint density at radius 2 is 2.24 bits per heavy atom. The molecule has 1 aliphatic rings. The molecule has 1 rings (SSSR count). The van der Waals surface area contributed by atoms with E-state index in [4.69, 9.17) is 16.3 Å². The maximum absolute atomic E-state index is 11.2. The fourth-order valence-electron chi connectivity index (χ4n) is 1.47. The van der Waals surface area contributed by atoms with E-state index in [-0.39, 0.29) is 23.4 Å². The predicted molar refractivity (Wildman–Crippen MR) is 67.7 cm³/mol. The minimum Gasteiger partial charge on any atom is -0.489 e. The summed E-state index contributed by atoms with van der Waals surface area (Å²) in [5.41, 5.74) is 0.139. The zero-order valence-electron chi connectivity index (χ0n) is 10.2. The van der Waals surface area contributed by atoms with Gasteiger partial charge in [-0.1, -0.05) is 30.7 Å². The van der Waals surface area contributed by atoms with Gasteiger partial charge in [-0.3, -0.25) is 0 Å². The van der Waals surface area contributed by atoms with E-state index in [2.05, 4.69) is 0 Å². The SMILES string of the molecule is CC1C=CC(Cl)=C(OC(C)C)C(C(=O)O)=CC1. The molecule has 3 nitrogen and oxygen atoms in total. The topological polar surface area (TPSA) is 46.5 Å². The van der Waals surface area contributed by atoms with E-state index in [9.17, 15) is 9.90 Å². The third-order valence-electron chi connectivity index (χ3n) is 2.31. The minimum absolute atomic E-state index is 0.119. The summed E-state index contributed by atoms with van der Waals surface area (Å²) in [6.07, 6.45) is 5.86. The van der Waals surface area contributed by atoms with Crippen LogP contribution in [0.2, 0.25) is 0 Å². The van der Waals surface area contributed by atoms with Crippen LogP contribution in [-0.4, -0.2) is 17.2 Å². The van der Waals surface area contributed by atoms with Crippen LogP contribution >= 0.6 is 11.6 Å². The lowest BCUT2D eigenvalue weighted by atomic mass is 10.0. The number of halogens is 1. The Balaban J connectivity index is 3.20. The highest BCUT2D eigenvalue weighted by molar-refractivity contribution is 6.32. The first-order valence-electron chi connectivity index (χ1n) is 5.60. The Bertz CT molecular complexity index is 391. The van der Waals surface area contributed by atoms with Crippen molar-refractivity contribution in [3.63, 3.8) is 0 Å². The van der Waals surface area contributed by atoms with Crippen LogP contribution in [0.4, 0.5) is 0 Å². The van der Waals surface area contributed by atoms with E-state index in [1.807, 2.05) is 26.8 Å². The Morgan fingerprint density at radius 3 is 2.76 bits per heavy atom. The normalized spacial score (nSPS) is 21.0. The zero-order chi connectivity index (χ0) is 13.0. The molecule has 0 heterocycles. The average Bonchev–Trinajstić information content (AvgIpc) is 2.22. The summed E-state index contributed by atoms with van der Waals surface area (Å²) in [6, 6.07) is 0. The third kappa shape index (κ3) is 3.93. The lowest BCUT2D eigenvalue weighted by Crippen LogP contribution is -2.13. The van der Waals surface area contributed by atoms with Gasteiger partial charge in [-0.25, -0.2) is 4.79 Å². The van der Waals surface area contributed by atoms with Crippen LogP contribution in [0.1, 0.15) is 27.2 Å². The molecule has 0 aromatic carbocycles. The van der Waals surface area contributed by atoms with Gasteiger partial charge in [0.1, 0.15) is 0 Å². The summed E-state index contributed by atoms with van der Waals surface area (Å²) in [5, 5.41) is 9.51. The minimum atomic E-state index is -1.01. The van der Waals surface area contributed by atoms with Gasteiger partial charge in [0.25, 0.3) is 0 Å². The summed E-state index contributed by atoms with van der Waals surface area (Å²) in [4.78, 5) is 11.2. The van der Waals surface area contributed by atoms with Crippen LogP contribution in [0.25, 0.3) is 0 Å². The predicted octanol–water partition coefficient (Wildman–Crippen LogP) is 3.47. The van der Waals surface area contributed by atoms with Crippen molar-refractivity contribution in [2.24, 2.45) is 5.92 Å². The molecule has 0 amide bonds. The molecule has 94 valence electrons. The molecule has 0 aromatic rings. The van der Waals surface area contributed by atoms with Crippen LogP contribution in [0.15, 0.2) is 34.6 Å². The second kappa shape index (κ2) is 5.92. The monoisotopic (exact) mass is 256 g/mol. The lowest BCUT2D eigenvalue weighted by molar-refractivity contribution is -0.132. The first-order chi connectivity index (χ1) is 7.91. The molecule has 1 aliphatic carbocycles. The van der Waals surface area contributed by atoms with Crippen LogP contribution in [0, 0.1) is 5.92 Å². The van der Waals surface area contributed by atoms with Gasteiger partial charge in [0, 0.05) is 0 Å². The van der Waals surface area contributed by atoms with Crippen LogP contribution in [0.3, 0.4) is 0 Å². The Labute approximate surface area is 106 Å². The van der Waals surface area contributed by atoms with Crippen molar-refractivity contribution in [3.8, 4) is 0 Å². The highest BCUT2D eigenvalue weighted by atomic mass is 35.5. The summed E-state index contributed by atoms with van der Waals surface area (Å²) in [6.45, 7) is 5.68. The lowest BCUT2D eigenvalue weighted by Gasteiger charge is -2.17. The summed E-state index contributed by atoms with van der Waals surface area (Å²) in [5.74, 6) is -0.502. The first kappa shape index (κ1) is 13.8. The molecule has 0 saturated carbocycles. The van der Waals surface area contributed by atoms with Gasteiger partial charge < -0.3 is 9.84 Å². The van der Waals surface area contributed by atoms with Gasteiger partial charge in [0.15, 0.2) is 5.76 Å². The van der Waals surface area contributed by atoms with E-state index in [0.29, 0.717) is 11.5 Å². The van der Waals surface area contributed by atoms with Gasteiger partial charge in [-0.15, -0.1) is 0 Å². The van der Waals surface area contributed by atoms with Crippen molar-refractivity contribution < 1.29 is 14.6 Å². The van der Waals surface area contributed by atoms with Crippen molar-refractivity contribution >= 4 is 17.6 Å². The fraction of sp³-hybridized carbons (Fsp3) is 0.462. The van der Waals surface area contributed by atoms with Crippen molar-refractivity contribution in [1.29, 1.82) is 0 Å². The standard InChI is InChI=1S/C13H17ClO3/c1-8(2)17-12-10(13(15)16)6-4-9(3)5-7-11(12)14/h5-9H,4H2,1-3H3,(H,15,16).